The Bertz CT molecular complexity index is 1330. The highest BCUT2D eigenvalue weighted by molar-refractivity contribution is 5.88. The largest absolute Gasteiger partial charge is 0.458 e. The van der Waals surface area contributed by atoms with E-state index in [-0.39, 0.29) is 25.4 Å². The number of cyclic esters (lactones) is 1. The average Bonchev–Trinajstić information content (AvgIpc) is 3.20. The molecule has 178 valence electrons. The van der Waals surface area contributed by atoms with Crippen molar-refractivity contribution >= 4 is 16.9 Å². The van der Waals surface area contributed by atoms with Gasteiger partial charge in [0.1, 0.15) is 13.4 Å². The van der Waals surface area contributed by atoms with E-state index in [2.05, 4.69) is 0 Å². The zero-order chi connectivity index (χ0) is 23.9. The number of carbonyl (C=O) groups is 1. The number of fused-ring (bicyclic) bond motifs is 5. The van der Waals surface area contributed by atoms with Crippen LogP contribution in [0.3, 0.4) is 0 Å². The smallest absolute Gasteiger partial charge is 0.343 e. The fourth-order valence-electron chi connectivity index (χ4n) is 4.60. The van der Waals surface area contributed by atoms with Gasteiger partial charge in [0.15, 0.2) is 5.60 Å². The first-order chi connectivity index (χ1) is 16.5. The van der Waals surface area contributed by atoms with Crippen LogP contribution in [0.5, 0.6) is 0 Å². The Balaban J connectivity index is 1.51. The molecule has 0 amide bonds. The number of aliphatic hydroxyl groups is 1. The van der Waals surface area contributed by atoms with Crippen molar-refractivity contribution in [3.8, 4) is 11.4 Å². The summed E-state index contributed by atoms with van der Waals surface area (Å²) in [5.74, 6) is -0.729. The normalized spacial score (nSPS) is 18.5. The monoisotopic (exact) mass is 466 g/mol. The second-order valence-corrected chi connectivity index (χ2v) is 8.45. The van der Waals surface area contributed by atoms with Gasteiger partial charge in [0, 0.05) is 23.6 Å². The highest BCUT2D eigenvalue weighted by Gasteiger charge is 2.45. The first-order valence-electron chi connectivity index (χ1n) is 11.2. The fourth-order valence-corrected chi connectivity index (χ4v) is 4.60. The minimum atomic E-state index is -1.84. The number of nitrogens with zero attached hydrogens (tertiary/aromatic N) is 2. The molecule has 34 heavy (non-hydrogen) atoms. The SMILES string of the molecule is CC[C@@]1(O)C(=O)OCc2c1cc1n(c2=O)Cc2cc3c(COCOCCOC)cccc3nc2-1. The molecule has 1 N–H and O–H groups in total. The summed E-state index contributed by atoms with van der Waals surface area (Å²) in [7, 11) is 1.62. The number of pyridine rings is 2. The molecule has 0 saturated heterocycles. The van der Waals surface area contributed by atoms with Gasteiger partial charge < -0.3 is 28.6 Å². The topological polar surface area (TPSA) is 109 Å². The van der Waals surface area contributed by atoms with Crippen LogP contribution in [-0.2, 0) is 49.1 Å². The van der Waals surface area contributed by atoms with Crippen LogP contribution in [0.15, 0.2) is 35.1 Å². The van der Waals surface area contributed by atoms with Crippen LogP contribution in [0, 0.1) is 0 Å². The number of esters is 1. The molecule has 9 nitrogen and oxygen atoms in total. The summed E-state index contributed by atoms with van der Waals surface area (Å²) in [6.07, 6.45) is 0.109. The zero-order valence-corrected chi connectivity index (χ0v) is 19.1. The molecular weight excluding hydrogens is 440 g/mol. The minimum Gasteiger partial charge on any atom is -0.458 e. The van der Waals surface area contributed by atoms with Crippen molar-refractivity contribution in [2.45, 2.75) is 38.7 Å². The Morgan fingerprint density at radius 3 is 2.85 bits per heavy atom. The van der Waals surface area contributed by atoms with Crippen molar-refractivity contribution in [1.82, 2.24) is 9.55 Å². The molecule has 5 rings (SSSR count). The van der Waals surface area contributed by atoms with Gasteiger partial charge in [-0.2, -0.15) is 0 Å². The number of benzene rings is 1. The molecule has 9 heteroatoms. The van der Waals surface area contributed by atoms with Gasteiger partial charge in [-0.15, -0.1) is 0 Å². The van der Waals surface area contributed by atoms with Gasteiger partial charge in [-0.05, 0) is 30.2 Å². The lowest BCUT2D eigenvalue weighted by atomic mass is 9.86. The molecule has 1 atom stereocenters. The molecular formula is C25H26N2O7. The van der Waals surface area contributed by atoms with Gasteiger partial charge in [0.05, 0.1) is 48.8 Å². The molecule has 4 heterocycles. The highest BCUT2D eigenvalue weighted by Crippen LogP contribution is 2.38. The van der Waals surface area contributed by atoms with Crippen molar-refractivity contribution in [2.24, 2.45) is 0 Å². The molecule has 3 aromatic rings. The van der Waals surface area contributed by atoms with Crippen LogP contribution >= 0.6 is 0 Å². The summed E-state index contributed by atoms with van der Waals surface area (Å²) in [5, 5.41) is 11.9. The lowest BCUT2D eigenvalue weighted by Gasteiger charge is -2.31. The Hall–Kier alpha value is -3.11. The van der Waals surface area contributed by atoms with Crippen molar-refractivity contribution in [3.63, 3.8) is 0 Å². The van der Waals surface area contributed by atoms with E-state index >= 15 is 0 Å². The number of carbonyl (C=O) groups excluding carboxylic acids is 1. The third-order valence-corrected chi connectivity index (χ3v) is 6.50. The van der Waals surface area contributed by atoms with Crippen LogP contribution < -0.4 is 5.56 Å². The van der Waals surface area contributed by atoms with E-state index < -0.39 is 11.6 Å². The Kier molecular flexibility index (Phi) is 5.95. The van der Waals surface area contributed by atoms with Crippen LogP contribution in [-0.4, -0.2) is 47.7 Å². The molecule has 0 unspecified atom stereocenters. The van der Waals surface area contributed by atoms with Crippen molar-refractivity contribution < 1.29 is 28.8 Å². The number of rotatable bonds is 8. The molecule has 2 aliphatic heterocycles. The van der Waals surface area contributed by atoms with Crippen LogP contribution in [0.25, 0.3) is 22.3 Å². The molecule has 0 aliphatic carbocycles. The van der Waals surface area contributed by atoms with Crippen molar-refractivity contribution in [2.75, 3.05) is 27.1 Å². The molecule has 0 bridgehead atoms. The first-order valence-corrected chi connectivity index (χ1v) is 11.2. The third-order valence-electron chi connectivity index (χ3n) is 6.50. The highest BCUT2D eigenvalue weighted by atomic mass is 16.7. The maximum Gasteiger partial charge on any atom is 0.343 e. The van der Waals surface area contributed by atoms with Gasteiger partial charge in [-0.25, -0.2) is 9.78 Å². The summed E-state index contributed by atoms with van der Waals surface area (Å²) in [5.41, 5.74) is 2.40. The van der Waals surface area contributed by atoms with Crippen molar-refractivity contribution in [3.05, 3.63) is 62.9 Å². The van der Waals surface area contributed by atoms with E-state index in [4.69, 9.17) is 23.9 Å². The Morgan fingerprint density at radius 2 is 2.06 bits per heavy atom. The van der Waals surface area contributed by atoms with Gasteiger partial charge in [-0.1, -0.05) is 19.1 Å². The number of aromatic nitrogens is 2. The standard InChI is InChI=1S/C25H26N2O7/c1-3-25(30)19-10-21-22-16(11-27(21)23(28)18(19)13-34-24(25)29)9-17-15(5-4-6-20(17)26-22)12-33-14-32-8-7-31-2/h4-6,9-10,30H,3,7-8,11-14H2,1-2H3/t25-/m0/s1. The second-order valence-electron chi connectivity index (χ2n) is 8.45. The number of hydrogen-bond acceptors (Lipinski definition) is 8. The predicted octanol–water partition coefficient (Wildman–Crippen LogP) is 2.22. The van der Waals surface area contributed by atoms with Crippen LogP contribution in [0.1, 0.15) is 35.6 Å². The minimum absolute atomic E-state index is 0.109. The first kappa shape index (κ1) is 22.7. The number of ether oxygens (including phenoxy) is 4. The van der Waals surface area contributed by atoms with Crippen LogP contribution in [0.2, 0.25) is 0 Å². The second kappa shape index (κ2) is 8.92. The maximum atomic E-state index is 13.3. The maximum absolute atomic E-state index is 13.3. The summed E-state index contributed by atoms with van der Waals surface area (Å²) in [4.78, 5) is 30.4. The molecule has 0 fully saturated rings. The Morgan fingerprint density at radius 1 is 1.21 bits per heavy atom. The van der Waals surface area contributed by atoms with E-state index in [9.17, 15) is 14.7 Å². The van der Waals surface area contributed by atoms with Crippen LogP contribution in [0.4, 0.5) is 0 Å². The van der Waals surface area contributed by atoms with E-state index in [0.29, 0.717) is 48.9 Å². The average molecular weight is 466 g/mol. The molecule has 0 spiro atoms. The molecule has 0 radical (unpaired) electrons. The van der Waals surface area contributed by atoms with Gasteiger partial charge >= 0.3 is 5.97 Å². The van der Waals surface area contributed by atoms with Gasteiger partial charge in [-0.3, -0.25) is 4.79 Å². The van der Waals surface area contributed by atoms with Crippen molar-refractivity contribution in [1.29, 1.82) is 0 Å². The summed E-state index contributed by atoms with van der Waals surface area (Å²) < 4.78 is 22.7. The quantitative estimate of drug-likeness (QED) is 0.239. The van der Waals surface area contributed by atoms with E-state index in [0.717, 1.165) is 22.0 Å². The predicted molar refractivity (Wildman–Crippen MR) is 122 cm³/mol. The molecule has 2 aromatic heterocycles. The van der Waals surface area contributed by atoms with E-state index in [1.807, 2.05) is 24.3 Å². The van der Waals surface area contributed by atoms with E-state index in [1.54, 1.807) is 24.7 Å². The molecule has 0 saturated carbocycles. The summed E-state index contributed by atoms with van der Waals surface area (Å²) >= 11 is 0. The van der Waals surface area contributed by atoms with Gasteiger partial charge in [0.25, 0.3) is 5.56 Å². The Labute approximate surface area is 195 Å². The lowest BCUT2D eigenvalue weighted by Crippen LogP contribution is -2.44. The van der Waals surface area contributed by atoms with Gasteiger partial charge in [0.2, 0.25) is 0 Å². The van der Waals surface area contributed by atoms with E-state index in [1.165, 1.54) is 0 Å². The molecule has 1 aromatic carbocycles. The lowest BCUT2D eigenvalue weighted by molar-refractivity contribution is -0.172. The fraction of sp³-hybridized carbons (Fsp3) is 0.400. The summed E-state index contributed by atoms with van der Waals surface area (Å²) in [6.45, 7) is 3.38. The zero-order valence-electron chi connectivity index (χ0n) is 19.1. The third kappa shape index (κ3) is 3.61. The molecule has 2 aliphatic rings. The number of hydrogen-bond donors (Lipinski definition) is 1. The number of methoxy groups -OCH3 is 1. The summed E-state index contributed by atoms with van der Waals surface area (Å²) in [6, 6.07) is 9.54.